The van der Waals surface area contributed by atoms with Gasteiger partial charge in [0, 0.05) is 13.1 Å². The maximum absolute atomic E-state index is 10.9. The van der Waals surface area contributed by atoms with E-state index in [0.717, 1.165) is 31.7 Å². The summed E-state index contributed by atoms with van der Waals surface area (Å²) in [6, 6.07) is 3.32. The zero-order valence-electron chi connectivity index (χ0n) is 10.5. The highest BCUT2D eigenvalue weighted by molar-refractivity contribution is 5.90. The van der Waals surface area contributed by atoms with Crippen LogP contribution in [0.5, 0.6) is 0 Å². The molecule has 6 heteroatoms. The van der Waals surface area contributed by atoms with Gasteiger partial charge in [0.25, 0.3) is 5.91 Å². The van der Waals surface area contributed by atoms with E-state index in [4.69, 9.17) is 5.73 Å². The Morgan fingerprint density at radius 1 is 1.39 bits per heavy atom. The smallest absolute Gasteiger partial charge is 0.269 e. The van der Waals surface area contributed by atoms with Gasteiger partial charge in [-0.25, -0.2) is 0 Å². The third kappa shape index (κ3) is 2.95. The van der Waals surface area contributed by atoms with Gasteiger partial charge < -0.3 is 15.7 Å². The van der Waals surface area contributed by atoms with Gasteiger partial charge >= 0.3 is 0 Å². The average molecular weight is 250 g/mol. The van der Waals surface area contributed by atoms with Crippen LogP contribution in [0.4, 0.5) is 5.82 Å². The summed E-state index contributed by atoms with van der Waals surface area (Å²) in [7, 11) is 0. The van der Waals surface area contributed by atoms with Crippen molar-refractivity contribution >= 4 is 11.7 Å². The number of hydrogen-bond donors (Lipinski definition) is 2. The molecule has 1 aromatic rings. The molecular formula is C12H18N4O2. The van der Waals surface area contributed by atoms with Crippen molar-refractivity contribution in [3.63, 3.8) is 0 Å². The maximum atomic E-state index is 10.9. The molecule has 6 nitrogen and oxygen atoms in total. The van der Waals surface area contributed by atoms with Gasteiger partial charge in [-0.05, 0) is 38.3 Å². The molecule has 0 aromatic carbocycles. The quantitative estimate of drug-likeness (QED) is 0.788. The van der Waals surface area contributed by atoms with Crippen LogP contribution >= 0.6 is 0 Å². The van der Waals surface area contributed by atoms with Crippen molar-refractivity contribution in [3.8, 4) is 0 Å². The highest BCUT2D eigenvalue weighted by Gasteiger charge is 2.25. The molecule has 0 bridgehead atoms. The van der Waals surface area contributed by atoms with Gasteiger partial charge in [-0.2, -0.15) is 0 Å². The number of carbonyl (C=O) groups excluding carboxylic acids is 1. The van der Waals surface area contributed by atoms with Crippen molar-refractivity contribution in [2.75, 3.05) is 18.0 Å². The van der Waals surface area contributed by atoms with E-state index in [1.165, 1.54) is 0 Å². The highest BCUT2D eigenvalue weighted by atomic mass is 16.3. The van der Waals surface area contributed by atoms with Crippen molar-refractivity contribution < 1.29 is 9.90 Å². The third-order valence-corrected chi connectivity index (χ3v) is 3.29. The van der Waals surface area contributed by atoms with E-state index >= 15 is 0 Å². The number of hydrogen-bond acceptors (Lipinski definition) is 5. The first-order valence-electron chi connectivity index (χ1n) is 6.09. The Bertz CT molecular complexity index is 430. The molecule has 0 spiro atoms. The van der Waals surface area contributed by atoms with Crippen LogP contribution in [-0.2, 0) is 0 Å². The zero-order valence-corrected chi connectivity index (χ0v) is 10.5. The first-order chi connectivity index (χ1) is 8.48. The van der Waals surface area contributed by atoms with Gasteiger partial charge in [-0.1, -0.05) is 0 Å². The number of carbonyl (C=O) groups is 1. The number of aromatic nitrogens is 2. The van der Waals surface area contributed by atoms with E-state index in [9.17, 15) is 9.90 Å². The standard InChI is InChI=1S/C12H18N4O2/c1-12(18)5-2-7-16(8-6-12)10-4-3-9(11(13)17)14-15-10/h3-4,18H,2,5-8H2,1H3,(H2,13,17). The Morgan fingerprint density at radius 2 is 2.17 bits per heavy atom. The summed E-state index contributed by atoms with van der Waals surface area (Å²) in [6.07, 6.45) is 2.40. The Kier molecular flexibility index (Phi) is 3.47. The van der Waals surface area contributed by atoms with Crippen LogP contribution in [0.1, 0.15) is 36.7 Å². The Morgan fingerprint density at radius 3 is 2.78 bits per heavy atom. The second-order valence-electron chi connectivity index (χ2n) is 4.98. The second kappa shape index (κ2) is 4.89. The van der Waals surface area contributed by atoms with E-state index < -0.39 is 11.5 Å². The van der Waals surface area contributed by atoms with Crippen LogP contribution in [0.25, 0.3) is 0 Å². The molecule has 1 aliphatic rings. The minimum absolute atomic E-state index is 0.167. The second-order valence-corrected chi connectivity index (χ2v) is 4.98. The molecule has 1 fully saturated rings. The minimum Gasteiger partial charge on any atom is -0.390 e. The maximum Gasteiger partial charge on any atom is 0.269 e. The SMILES string of the molecule is CC1(O)CCCN(c2ccc(C(N)=O)nn2)CC1. The fourth-order valence-electron chi connectivity index (χ4n) is 2.12. The van der Waals surface area contributed by atoms with E-state index in [2.05, 4.69) is 15.1 Å². The van der Waals surface area contributed by atoms with Crippen molar-refractivity contribution in [1.29, 1.82) is 0 Å². The molecule has 1 aromatic heterocycles. The Balaban J connectivity index is 2.09. The average Bonchev–Trinajstić information content (AvgIpc) is 2.50. The molecule has 1 atom stereocenters. The lowest BCUT2D eigenvalue weighted by Gasteiger charge is -2.22. The summed E-state index contributed by atoms with van der Waals surface area (Å²) in [4.78, 5) is 13.0. The first-order valence-corrected chi connectivity index (χ1v) is 6.09. The van der Waals surface area contributed by atoms with Crippen LogP contribution in [0.2, 0.25) is 0 Å². The van der Waals surface area contributed by atoms with Gasteiger partial charge in [0.15, 0.2) is 11.5 Å². The lowest BCUT2D eigenvalue weighted by atomic mass is 9.98. The topological polar surface area (TPSA) is 92.3 Å². The van der Waals surface area contributed by atoms with E-state index in [-0.39, 0.29) is 5.69 Å². The lowest BCUT2D eigenvalue weighted by Crippen LogP contribution is -2.29. The molecule has 0 saturated carbocycles. The fraction of sp³-hybridized carbons (Fsp3) is 0.583. The number of amides is 1. The van der Waals surface area contributed by atoms with Crippen LogP contribution < -0.4 is 10.6 Å². The van der Waals surface area contributed by atoms with Gasteiger partial charge in [0.1, 0.15) is 0 Å². The normalized spacial score (nSPS) is 24.7. The molecule has 1 unspecified atom stereocenters. The largest absolute Gasteiger partial charge is 0.390 e. The predicted molar refractivity (Wildman–Crippen MR) is 67.2 cm³/mol. The Labute approximate surface area is 106 Å². The zero-order chi connectivity index (χ0) is 13.2. The summed E-state index contributed by atoms with van der Waals surface area (Å²) < 4.78 is 0. The number of nitrogens with two attached hydrogens (primary N) is 1. The van der Waals surface area contributed by atoms with Gasteiger partial charge in [-0.15, -0.1) is 10.2 Å². The number of anilines is 1. The van der Waals surface area contributed by atoms with Crippen LogP contribution in [0.15, 0.2) is 12.1 Å². The van der Waals surface area contributed by atoms with E-state index in [0.29, 0.717) is 6.42 Å². The molecule has 2 rings (SSSR count). The molecule has 1 aliphatic heterocycles. The molecule has 98 valence electrons. The van der Waals surface area contributed by atoms with Crippen LogP contribution in [0.3, 0.4) is 0 Å². The monoisotopic (exact) mass is 250 g/mol. The summed E-state index contributed by atoms with van der Waals surface area (Å²) >= 11 is 0. The number of aliphatic hydroxyl groups is 1. The predicted octanol–water partition coefficient (Wildman–Crippen LogP) is 0.317. The molecule has 0 aliphatic carbocycles. The molecule has 0 radical (unpaired) electrons. The van der Waals surface area contributed by atoms with Crippen LogP contribution in [-0.4, -0.2) is 39.9 Å². The Hall–Kier alpha value is -1.69. The molecule has 18 heavy (non-hydrogen) atoms. The molecular weight excluding hydrogens is 232 g/mol. The van der Waals surface area contributed by atoms with Crippen molar-refractivity contribution in [3.05, 3.63) is 17.8 Å². The number of rotatable bonds is 2. The van der Waals surface area contributed by atoms with Crippen LogP contribution in [0, 0.1) is 0 Å². The minimum atomic E-state index is -0.602. The summed E-state index contributed by atoms with van der Waals surface area (Å²) in [5.41, 5.74) is 4.68. The molecule has 1 saturated heterocycles. The van der Waals surface area contributed by atoms with Gasteiger partial charge in [0.2, 0.25) is 0 Å². The fourth-order valence-corrected chi connectivity index (χ4v) is 2.12. The summed E-state index contributed by atoms with van der Waals surface area (Å²) in [5, 5.41) is 17.8. The van der Waals surface area contributed by atoms with E-state index in [1.54, 1.807) is 12.1 Å². The summed E-state index contributed by atoms with van der Waals surface area (Å²) in [5.74, 6) is 0.144. The summed E-state index contributed by atoms with van der Waals surface area (Å²) in [6.45, 7) is 3.43. The first kappa shape index (κ1) is 12.8. The van der Waals surface area contributed by atoms with Crippen molar-refractivity contribution in [2.45, 2.75) is 31.8 Å². The lowest BCUT2D eigenvalue weighted by molar-refractivity contribution is 0.0481. The van der Waals surface area contributed by atoms with Gasteiger partial charge in [-0.3, -0.25) is 4.79 Å². The number of nitrogens with zero attached hydrogens (tertiary/aromatic N) is 3. The molecule has 3 N–H and O–H groups in total. The van der Waals surface area contributed by atoms with Gasteiger partial charge in [0.05, 0.1) is 5.60 Å². The third-order valence-electron chi connectivity index (χ3n) is 3.29. The molecule has 1 amide bonds. The highest BCUT2D eigenvalue weighted by Crippen LogP contribution is 2.23. The van der Waals surface area contributed by atoms with Crippen molar-refractivity contribution in [1.82, 2.24) is 10.2 Å². The molecule has 2 heterocycles. The van der Waals surface area contributed by atoms with E-state index in [1.807, 2.05) is 6.92 Å². The number of primary amides is 1. The van der Waals surface area contributed by atoms with Crippen molar-refractivity contribution in [2.24, 2.45) is 5.73 Å².